The maximum Gasteiger partial charge on any atom is 0.266 e. The number of hydrogen-bond acceptors (Lipinski definition) is 5. The summed E-state index contributed by atoms with van der Waals surface area (Å²) in [5, 5.41) is 3.99. The van der Waals surface area contributed by atoms with Crippen LogP contribution in [0.3, 0.4) is 0 Å². The molecule has 0 aromatic carbocycles. The lowest BCUT2D eigenvalue weighted by atomic mass is 9.99. The van der Waals surface area contributed by atoms with E-state index in [4.69, 9.17) is 4.52 Å². The number of anilines is 1. The van der Waals surface area contributed by atoms with Crippen molar-refractivity contribution in [1.82, 2.24) is 10.1 Å². The maximum atomic E-state index is 12.0. The van der Waals surface area contributed by atoms with Crippen molar-refractivity contribution in [2.24, 2.45) is 0 Å². The Bertz CT molecular complexity index is 399. The number of carbonyl (C=O) groups excluding carboxylic acids is 1. The van der Waals surface area contributed by atoms with Crippen LogP contribution in [0.15, 0.2) is 4.52 Å². The van der Waals surface area contributed by atoms with Crippen LogP contribution in [0.4, 0.5) is 5.95 Å². The first-order chi connectivity index (χ1) is 8.76. The van der Waals surface area contributed by atoms with Crippen molar-refractivity contribution in [1.29, 1.82) is 0 Å². The molecule has 5 nitrogen and oxygen atoms in total. The van der Waals surface area contributed by atoms with E-state index in [9.17, 15) is 4.79 Å². The van der Waals surface area contributed by atoms with Gasteiger partial charge in [0.25, 0.3) is 5.95 Å². The highest BCUT2D eigenvalue weighted by atomic mass is 16.5. The van der Waals surface area contributed by atoms with Crippen LogP contribution in [0, 0.1) is 0 Å². The maximum absolute atomic E-state index is 12.0. The summed E-state index contributed by atoms with van der Waals surface area (Å²) in [5.74, 6) is 1.18. The lowest BCUT2D eigenvalue weighted by Crippen LogP contribution is -2.23. The monoisotopic (exact) mass is 251 g/mol. The van der Waals surface area contributed by atoms with Gasteiger partial charge in [0.05, 0.1) is 5.92 Å². The fourth-order valence-corrected chi connectivity index (χ4v) is 2.42. The number of hydrogen-bond donors (Lipinski definition) is 0. The topological polar surface area (TPSA) is 59.2 Å². The average Bonchev–Trinajstić information content (AvgIpc) is 2.74. The highest BCUT2D eigenvalue weighted by Crippen LogP contribution is 2.28. The van der Waals surface area contributed by atoms with Crippen molar-refractivity contribution in [3.8, 4) is 0 Å². The number of ketones is 1. The summed E-state index contributed by atoms with van der Waals surface area (Å²) in [6.45, 7) is 5.79. The van der Waals surface area contributed by atoms with E-state index in [0.717, 1.165) is 38.8 Å². The van der Waals surface area contributed by atoms with Gasteiger partial charge in [-0.2, -0.15) is 4.98 Å². The molecule has 1 unspecified atom stereocenters. The molecule has 1 atom stereocenters. The van der Waals surface area contributed by atoms with Gasteiger partial charge in [0, 0.05) is 19.5 Å². The predicted octanol–water partition coefficient (Wildman–Crippen LogP) is 2.53. The second kappa shape index (κ2) is 5.98. The van der Waals surface area contributed by atoms with Gasteiger partial charge in [-0.05, 0) is 31.8 Å². The molecule has 1 fully saturated rings. The van der Waals surface area contributed by atoms with Crippen LogP contribution in [-0.2, 0) is 4.79 Å². The Morgan fingerprint density at radius 2 is 2.06 bits per heavy atom. The molecule has 0 bridgehead atoms. The largest absolute Gasteiger partial charge is 0.339 e. The third-order valence-electron chi connectivity index (χ3n) is 3.58. The number of carbonyl (C=O) groups is 1. The number of nitrogens with zero attached hydrogens (tertiary/aromatic N) is 3. The van der Waals surface area contributed by atoms with Crippen LogP contribution >= 0.6 is 0 Å². The van der Waals surface area contributed by atoms with Gasteiger partial charge in [-0.1, -0.05) is 12.8 Å². The zero-order valence-corrected chi connectivity index (χ0v) is 11.2. The van der Waals surface area contributed by atoms with E-state index < -0.39 is 0 Å². The zero-order valence-electron chi connectivity index (χ0n) is 11.2. The summed E-state index contributed by atoms with van der Waals surface area (Å²) in [6.07, 6.45) is 4.68. The highest BCUT2D eigenvalue weighted by Gasteiger charge is 2.28. The molecular weight excluding hydrogens is 230 g/mol. The second-order valence-electron chi connectivity index (χ2n) is 4.72. The molecule has 1 saturated carbocycles. The van der Waals surface area contributed by atoms with Crippen molar-refractivity contribution in [3.05, 3.63) is 5.89 Å². The molecule has 0 spiro atoms. The number of aromatic nitrogens is 2. The summed E-state index contributed by atoms with van der Waals surface area (Å²) in [4.78, 5) is 18.4. The number of rotatable bonds is 4. The van der Waals surface area contributed by atoms with Gasteiger partial charge in [-0.25, -0.2) is 0 Å². The Balaban J connectivity index is 2.15. The van der Waals surface area contributed by atoms with Gasteiger partial charge in [-0.3, -0.25) is 4.79 Å². The lowest BCUT2D eigenvalue weighted by Gasteiger charge is -2.14. The van der Waals surface area contributed by atoms with Gasteiger partial charge < -0.3 is 9.42 Å². The average molecular weight is 251 g/mol. The van der Waals surface area contributed by atoms with Crippen LogP contribution < -0.4 is 4.90 Å². The van der Waals surface area contributed by atoms with Crippen molar-refractivity contribution in [2.75, 3.05) is 18.0 Å². The normalized spacial score (nSPS) is 20.8. The molecule has 1 aliphatic rings. The molecule has 100 valence electrons. The van der Waals surface area contributed by atoms with E-state index in [0.29, 0.717) is 18.3 Å². The zero-order chi connectivity index (χ0) is 13.0. The minimum Gasteiger partial charge on any atom is -0.339 e. The third kappa shape index (κ3) is 2.71. The van der Waals surface area contributed by atoms with Gasteiger partial charge >= 0.3 is 0 Å². The Morgan fingerprint density at radius 3 is 2.78 bits per heavy atom. The summed E-state index contributed by atoms with van der Waals surface area (Å²) in [6, 6.07) is 0. The van der Waals surface area contributed by atoms with E-state index in [-0.39, 0.29) is 11.7 Å². The van der Waals surface area contributed by atoms with Crippen LogP contribution in [0.25, 0.3) is 0 Å². The molecule has 0 aliphatic heterocycles. The van der Waals surface area contributed by atoms with Crippen LogP contribution in [0.1, 0.15) is 57.8 Å². The second-order valence-corrected chi connectivity index (χ2v) is 4.72. The highest BCUT2D eigenvalue weighted by molar-refractivity contribution is 5.84. The standard InChI is InChI=1S/C13H21N3O2/c1-3-16(4-2)13-14-12(18-15-13)10-8-6-5-7-9-11(10)17/h10H,3-9H2,1-2H3. The minimum atomic E-state index is -0.177. The Hall–Kier alpha value is -1.39. The summed E-state index contributed by atoms with van der Waals surface area (Å²) in [5.41, 5.74) is 0. The third-order valence-corrected chi connectivity index (χ3v) is 3.58. The summed E-state index contributed by atoms with van der Waals surface area (Å²) in [7, 11) is 0. The Morgan fingerprint density at radius 1 is 1.28 bits per heavy atom. The molecule has 1 aliphatic carbocycles. The van der Waals surface area contributed by atoms with E-state index in [1.54, 1.807) is 0 Å². The fourth-order valence-electron chi connectivity index (χ4n) is 2.42. The molecule has 0 radical (unpaired) electrons. The van der Waals surface area contributed by atoms with Crippen molar-refractivity contribution in [2.45, 2.75) is 51.9 Å². The molecule has 0 N–H and O–H groups in total. The molecular formula is C13H21N3O2. The van der Waals surface area contributed by atoms with E-state index in [1.165, 1.54) is 0 Å². The first-order valence-electron chi connectivity index (χ1n) is 6.87. The summed E-state index contributed by atoms with van der Waals surface area (Å²) < 4.78 is 5.29. The Kier molecular flexibility index (Phi) is 4.33. The molecule has 1 aromatic rings. The van der Waals surface area contributed by atoms with Gasteiger partial charge in [-0.15, -0.1) is 0 Å². The molecule has 0 saturated heterocycles. The van der Waals surface area contributed by atoms with Crippen LogP contribution in [-0.4, -0.2) is 29.0 Å². The van der Waals surface area contributed by atoms with Crippen LogP contribution in [0.2, 0.25) is 0 Å². The SMILES string of the molecule is CCN(CC)c1noc(C2CCCCCC2=O)n1. The van der Waals surface area contributed by atoms with Crippen molar-refractivity contribution < 1.29 is 9.32 Å². The van der Waals surface area contributed by atoms with E-state index in [2.05, 4.69) is 24.0 Å². The minimum absolute atomic E-state index is 0.177. The van der Waals surface area contributed by atoms with Crippen molar-refractivity contribution >= 4 is 11.7 Å². The van der Waals surface area contributed by atoms with Crippen molar-refractivity contribution in [3.63, 3.8) is 0 Å². The molecule has 1 heterocycles. The van der Waals surface area contributed by atoms with Gasteiger partial charge in [0.2, 0.25) is 5.89 Å². The quantitative estimate of drug-likeness (QED) is 0.770. The lowest BCUT2D eigenvalue weighted by molar-refractivity contribution is -0.120. The molecule has 0 amide bonds. The molecule has 1 aromatic heterocycles. The first-order valence-corrected chi connectivity index (χ1v) is 6.87. The summed E-state index contributed by atoms with van der Waals surface area (Å²) >= 11 is 0. The number of Topliss-reactive ketones (excluding diaryl/α,β-unsaturated/α-hetero) is 1. The molecule has 18 heavy (non-hydrogen) atoms. The fraction of sp³-hybridized carbons (Fsp3) is 0.769. The van der Waals surface area contributed by atoms with Gasteiger partial charge in [0.1, 0.15) is 5.78 Å². The van der Waals surface area contributed by atoms with Crippen LogP contribution in [0.5, 0.6) is 0 Å². The first kappa shape index (κ1) is 13.1. The molecule has 2 rings (SSSR count). The predicted molar refractivity (Wildman–Crippen MR) is 68.7 cm³/mol. The van der Waals surface area contributed by atoms with E-state index >= 15 is 0 Å². The van der Waals surface area contributed by atoms with Gasteiger partial charge in [0.15, 0.2) is 0 Å². The Labute approximate surface area is 108 Å². The molecule has 5 heteroatoms. The smallest absolute Gasteiger partial charge is 0.266 e. The van der Waals surface area contributed by atoms with E-state index in [1.807, 2.05) is 4.90 Å².